The zero-order chi connectivity index (χ0) is 15.9. The van der Waals surface area contributed by atoms with E-state index in [0.717, 1.165) is 35.3 Å². The average Bonchev–Trinajstić information content (AvgIpc) is 2.59. The first-order valence-electron chi connectivity index (χ1n) is 7.43. The van der Waals surface area contributed by atoms with Crippen molar-refractivity contribution < 1.29 is 4.79 Å². The summed E-state index contributed by atoms with van der Waals surface area (Å²) in [5.74, 6) is -0.176. The van der Waals surface area contributed by atoms with Crippen LogP contribution in [0.5, 0.6) is 0 Å². The molecule has 0 aliphatic carbocycles. The Balaban J connectivity index is 2.48. The van der Waals surface area contributed by atoms with Gasteiger partial charge in [0.2, 0.25) is 5.91 Å². The number of alkyl halides is 1. The van der Waals surface area contributed by atoms with E-state index in [2.05, 4.69) is 35.9 Å². The van der Waals surface area contributed by atoms with Crippen molar-refractivity contribution in [2.24, 2.45) is 0 Å². The minimum atomic E-state index is -0.122. The molecule has 0 unspecified atom stereocenters. The number of amides is 1. The zero-order valence-electron chi connectivity index (χ0n) is 12.9. The molecule has 0 bridgehead atoms. The first kappa shape index (κ1) is 16.4. The van der Waals surface area contributed by atoms with Crippen molar-refractivity contribution in [3.8, 4) is 0 Å². The van der Waals surface area contributed by atoms with Gasteiger partial charge in [0.1, 0.15) is 5.88 Å². The van der Waals surface area contributed by atoms with Crippen LogP contribution >= 0.6 is 11.6 Å². The van der Waals surface area contributed by atoms with Crippen molar-refractivity contribution in [2.45, 2.75) is 33.2 Å². The van der Waals surface area contributed by atoms with Gasteiger partial charge in [0.25, 0.3) is 0 Å². The molecule has 116 valence electrons. The summed E-state index contributed by atoms with van der Waals surface area (Å²) in [5, 5.41) is 0. The number of para-hydroxylation sites is 1. The van der Waals surface area contributed by atoms with E-state index in [1.165, 1.54) is 0 Å². The Bertz CT molecular complexity index is 609. The summed E-state index contributed by atoms with van der Waals surface area (Å²) in [6.07, 6.45) is 6.64. The highest BCUT2D eigenvalue weighted by Crippen LogP contribution is 2.28. The molecule has 0 aliphatic heterocycles. The highest BCUT2D eigenvalue weighted by molar-refractivity contribution is 6.29. The van der Waals surface area contributed by atoms with E-state index >= 15 is 0 Å². The zero-order valence-corrected chi connectivity index (χ0v) is 13.7. The van der Waals surface area contributed by atoms with E-state index in [1.54, 1.807) is 23.5 Å². The van der Waals surface area contributed by atoms with E-state index in [9.17, 15) is 4.79 Å². The summed E-state index contributed by atoms with van der Waals surface area (Å²) >= 11 is 5.83. The molecule has 0 saturated heterocycles. The standard InChI is InChI=1S/C17H20ClN3O/c1-3-13-6-5-7-14(4-2)17(13)21(16(22)10-18)12-15-11-19-8-9-20-15/h5-9,11H,3-4,10,12H2,1-2H3. The van der Waals surface area contributed by atoms with Crippen LogP contribution in [0.25, 0.3) is 0 Å². The molecule has 0 fully saturated rings. The first-order chi connectivity index (χ1) is 10.7. The van der Waals surface area contributed by atoms with Crippen molar-refractivity contribution in [3.05, 3.63) is 53.6 Å². The molecule has 0 spiro atoms. The summed E-state index contributed by atoms with van der Waals surface area (Å²) in [5.41, 5.74) is 3.99. The highest BCUT2D eigenvalue weighted by Gasteiger charge is 2.21. The lowest BCUT2D eigenvalue weighted by atomic mass is 10.0. The van der Waals surface area contributed by atoms with Gasteiger partial charge in [-0.1, -0.05) is 32.0 Å². The van der Waals surface area contributed by atoms with Crippen molar-refractivity contribution in [3.63, 3.8) is 0 Å². The second-order valence-corrected chi connectivity index (χ2v) is 5.21. The smallest absolute Gasteiger partial charge is 0.242 e. The molecule has 0 aliphatic rings. The Morgan fingerprint density at radius 2 is 1.86 bits per heavy atom. The van der Waals surface area contributed by atoms with Gasteiger partial charge in [0.15, 0.2) is 0 Å². The Morgan fingerprint density at radius 1 is 1.18 bits per heavy atom. The van der Waals surface area contributed by atoms with Gasteiger partial charge in [-0.25, -0.2) is 0 Å². The molecule has 22 heavy (non-hydrogen) atoms. The molecule has 0 atom stereocenters. The number of rotatable bonds is 6. The van der Waals surface area contributed by atoms with E-state index in [1.807, 2.05) is 6.07 Å². The predicted octanol–water partition coefficient (Wildman–Crippen LogP) is 3.37. The van der Waals surface area contributed by atoms with E-state index < -0.39 is 0 Å². The Labute approximate surface area is 136 Å². The lowest BCUT2D eigenvalue weighted by Gasteiger charge is -2.26. The quantitative estimate of drug-likeness (QED) is 0.767. The van der Waals surface area contributed by atoms with Crippen molar-refractivity contribution in [1.82, 2.24) is 9.97 Å². The number of benzene rings is 1. The fourth-order valence-electron chi connectivity index (χ4n) is 2.50. The van der Waals surface area contributed by atoms with E-state index in [0.29, 0.717) is 6.54 Å². The average molecular weight is 318 g/mol. The molecule has 4 nitrogen and oxygen atoms in total. The molecule has 0 saturated carbocycles. The number of hydrogen-bond donors (Lipinski definition) is 0. The molecule has 0 radical (unpaired) electrons. The van der Waals surface area contributed by atoms with Crippen LogP contribution < -0.4 is 4.90 Å². The van der Waals surface area contributed by atoms with Crippen LogP contribution in [0, 0.1) is 0 Å². The first-order valence-corrected chi connectivity index (χ1v) is 7.96. The molecular weight excluding hydrogens is 298 g/mol. The molecular formula is C17H20ClN3O. The van der Waals surface area contributed by atoms with Gasteiger partial charge in [-0.05, 0) is 24.0 Å². The summed E-state index contributed by atoms with van der Waals surface area (Å²) in [6, 6.07) is 6.15. The van der Waals surface area contributed by atoms with Gasteiger partial charge in [-0.3, -0.25) is 14.8 Å². The minimum Gasteiger partial charge on any atom is -0.305 e. The number of hydrogen-bond acceptors (Lipinski definition) is 3. The topological polar surface area (TPSA) is 46.1 Å². The number of halogens is 1. The second kappa shape index (κ2) is 7.90. The third-order valence-corrected chi connectivity index (χ3v) is 3.82. The maximum atomic E-state index is 12.4. The van der Waals surface area contributed by atoms with Crippen LogP contribution in [0.1, 0.15) is 30.7 Å². The van der Waals surface area contributed by atoms with Crippen LogP contribution in [-0.4, -0.2) is 21.8 Å². The second-order valence-electron chi connectivity index (χ2n) is 4.94. The normalized spacial score (nSPS) is 10.5. The van der Waals surface area contributed by atoms with Crippen molar-refractivity contribution >= 4 is 23.2 Å². The van der Waals surface area contributed by atoms with E-state index in [-0.39, 0.29) is 11.8 Å². The van der Waals surface area contributed by atoms with Gasteiger partial charge < -0.3 is 4.90 Å². The Hall–Kier alpha value is -1.94. The highest BCUT2D eigenvalue weighted by atomic mass is 35.5. The van der Waals surface area contributed by atoms with Crippen LogP contribution in [0.3, 0.4) is 0 Å². The van der Waals surface area contributed by atoms with Gasteiger partial charge in [0, 0.05) is 12.4 Å². The monoisotopic (exact) mass is 317 g/mol. The molecule has 1 aromatic heterocycles. The molecule has 1 amide bonds. The number of carbonyl (C=O) groups is 1. The van der Waals surface area contributed by atoms with Crippen molar-refractivity contribution in [2.75, 3.05) is 10.8 Å². The summed E-state index contributed by atoms with van der Waals surface area (Å²) in [6.45, 7) is 4.55. The number of aromatic nitrogens is 2. The third-order valence-electron chi connectivity index (χ3n) is 3.59. The maximum absolute atomic E-state index is 12.4. The number of aryl methyl sites for hydroxylation is 2. The number of nitrogens with zero attached hydrogens (tertiary/aromatic N) is 3. The SMILES string of the molecule is CCc1cccc(CC)c1N(Cc1cnccn1)C(=O)CCl. The number of carbonyl (C=O) groups excluding carboxylic acids is 1. The summed E-state index contributed by atoms with van der Waals surface area (Å²) in [7, 11) is 0. The van der Waals surface area contributed by atoms with E-state index in [4.69, 9.17) is 11.6 Å². The molecule has 2 rings (SSSR count). The van der Waals surface area contributed by atoms with Crippen LogP contribution in [-0.2, 0) is 24.2 Å². The third kappa shape index (κ3) is 3.63. The lowest BCUT2D eigenvalue weighted by molar-refractivity contribution is -0.116. The fraction of sp³-hybridized carbons (Fsp3) is 0.353. The lowest BCUT2D eigenvalue weighted by Crippen LogP contribution is -2.33. The Kier molecular flexibility index (Phi) is 5.90. The molecule has 5 heteroatoms. The Morgan fingerprint density at radius 3 is 2.36 bits per heavy atom. The summed E-state index contributed by atoms with van der Waals surface area (Å²) in [4.78, 5) is 22.5. The van der Waals surface area contributed by atoms with Gasteiger partial charge in [-0.2, -0.15) is 0 Å². The molecule has 2 aromatic rings. The molecule has 0 N–H and O–H groups in total. The fourth-order valence-corrected chi connectivity index (χ4v) is 2.64. The molecule has 1 heterocycles. The van der Waals surface area contributed by atoms with Gasteiger partial charge in [-0.15, -0.1) is 11.6 Å². The van der Waals surface area contributed by atoms with Gasteiger partial charge >= 0.3 is 0 Å². The van der Waals surface area contributed by atoms with Crippen LogP contribution in [0.4, 0.5) is 5.69 Å². The largest absolute Gasteiger partial charge is 0.305 e. The maximum Gasteiger partial charge on any atom is 0.242 e. The predicted molar refractivity (Wildman–Crippen MR) is 89.1 cm³/mol. The van der Waals surface area contributed by atoms with Crippen LogP contribution in [0.2, 0.25) is 0 Å². The summed E-state index contributed by atoms with van der Waals surface area (Å²) < 4.78 is 0. The van der Waals surface area contributed by atoms with Crippen LogP contribution in [0.15, 0.2) is 36.8 Å². The minimum absolute atomic E-state index is 0.0541. The number of anilines is 1. The molecule has 1 aromatic carbocycles. The van der Waals surface area contributed by atoms with Crippen molar-refractivity contribution in [1.29, 1.82) is 0 Å². The van der Waals surface area contributed by atoms with Gasteiger partial charge in [0.05, 0.1) is 24.1 Å².